The minimum Gasteiger partial charge on any atom is -0.449 e. The number of hydrogen-bond acceptors (Lipinski definition) is 3. The van der Waals surface area contributed by atoms with Crippen LogP contribution in [-0.2, 0) is 11.2 Å². The molecule has 1 saturated carbocycles. The Labute approximate surface area is 124 Å². The van der Waals surface area contributed by atoms with Crippen molar-refractivity contribution in [3.05, 3.63) is 34.9 Å². The number of Topliss-reactive ketones (excluding diaryl/α,β-unsaturated/α-hetero) is 1. The van der Waals surface area contributed by atoms with E-state index in [4.69, 9.17) is 10.5 Å². The van der Waals surface area contributed by atoms with E-state index in [1.54, 1.807) is 0 Å². The van der Waals surface area contributed by atoms with Gasteiger partial charge in [0.25, 0.3) is 0 Å². The van der Waals surface area contributed by atoms with Crippen LogP contribution in [0.5, 0.6) is 0 Å². The van der Waals surface area contributed by atoms with E-state index in [9.17, 15) is 9.59 Å². The number of carbonyl (C=O) groups is 2. The summed E-state index contributed by atoms with van der Waals surface area (Å²) in [7, 11) is 0. The summed E-state index contributed by atoms with van der Waals surface area (Å²) in [4.78, 5) is 22.3. The van der Waals surface area contributed by atoms with Crippen LogP contribution in [0.4, 0.5) is 4.79 Å². The lowest BCUT2D eigenvalue weighted by molar-refractivity contribution is 0.0994. The summed E-state index contributed by atoms with van der Waals surface area (Å²) < 4.78 is 4.90. The first-order chi connectivity index (χ1) is 10.1. The molecule has 0 spiro atoms. The molecule has 0 saturated heterocycles. The molecule has 21 heavy (non-hydrogen) atoms. The first-order valence-corrected chi connectivity index (χ1v) is 7.71. The monoisotopic (exact) mass is 287 g/mol. The Morgan fingerprint density at radius 2 is 1.95 bits per heavy atom. The quantitative estimate of drug-likeness (QED) is 0.928. The van der Waals surface area contributed by atoms with Crippen molar-refractivity contribution in [1.82, 2.24) is 0 Å². The van der Waals surface area contributed by atoms with Crippen molar-refractivity contribution in [2.24, 2.45) is 11.7 Å². The second-order valence-electron chi connectivity index (χ2n) is 6.19. The van der Waals surface area contributed by atoms with Gasteiger partial charge >= 0.3 is 6.09 Å². The van der Waals surface area contributed by atoms with Crippen LogP contribution in [0.1, 0.15) is 59.5 Å². The number of aryl methyl sites for hydroxylation is 1. The summed E-state index contributed by atoms with van der Waals surface area (Å²) in [6.45, 7) is 0.445. The number of rotatable bonds is 3. The molecule has 0 aromatic heterocycles. The van der Waals surface area contributed by atoms with Gasteiger partial charge < -0.3 is 10.5 Å². The smallest absolute Gasteiger partial charge is 0.404 e. The standard InChI is InChI=1S/C17H21NO3/c18-17(20)21-10-11-1-3-12(4-2-11)13-5-7-15-14(9-13)6-8-16(15)19/h5,7,9,11-12H,1-4,6,8,10H2,(H2,18,20). The molecule has 1 fully saturated rings. The Morgan fingerprint density at radius 3 is 2.67 bits per heavy atom. The van der Waals surface area contributed by atoms with Crippen molar-refractivity contribution >= 4 is 11.9 Å². The summed E-state index contributed by atoms with van der Waals surface area (Å²) in [5, 5.41) is 0. The van der Waals surface area contributed by atoms with Crippen molar-refractivity contribution in [1.29, 1.82) is 0 Å². The minimum absolute atomic E-state index is 0.281. The summed E-state index contributed by atoms with van der Waals surface area (Å²) in [5.74, 6) is 1.28. The molecule has 0 aliphatic heterocycles. The van der Waals surface area contributed by atoms with Gasteiger partial charge in [0.15, 0.2) is 5.78 Å². The summed E-state index contributed by atoms with van der Waals surface area (Å²) in [6, 6.07) is 6.35. The highest BCUT2D eigenvalue weighted by molar-refractivity contribution is 6.00. The van der Waals surface area contributed by atoms with Crippen LogP contribution in [0.25, 0.3) is 0 Å². The molecule has 2 aliphatic rings. The number of ether oxygens (including phenoxy) is 1. The Morgan fingerprint density at radius 1 is 1.19 bits per heavy atom. The number of fused-ring (bicyclic) bond motifs is 1. The maximum Gasteiger partial charge on any atom is 0.404 e. The van der Waals surface area contributed by atoms with E-state index in [0.717, 1.165) is 37.7 Å². The van der Waals surface area contributed by atoms with Gasteiger partial charge in [-0.1, -0.05) is 18.2 Å². The van der Waals surface area contributed by atoms with Gasteiger partial charge in [-0.2, -0.15) is 0 Å². The maximum atomic E-state index is 11.7. The molecule has 1 aromatic carbocycles. The fraction of sp³-hybridized carbons (Fsp3) is 0.529. The molecule has 0 atom stereocenters. The zero-order valence-corrected chi connectivity index (χ0v) is 12.1. The molecule has 0 bridgehead atoms. The van der Waals surface area contributed by atoms with Crippen molar-refractivity contribution in [3.63, 3.8) is 0 Å². The maximum absolute atomic E-state index is 11.7. The molecule has 1 amide bonds. The fourth-order valence-corrected chi connectivity index (χ4v) is 3.59. The molecular formula is C17H21NO3. The molecule has 4 heteroatoms. The van der Waals surface area contributed by atoms with Gasteiger partial charge in [-0.15, -0.1) is 0 Å². The van der Waals surface area contributed by atoms with E-state index < -0.39 is 6.09 Å². The Hall–Kier alpha value is -1.84. The van der Waals surface area contributed by atoms with E-state index in [-0.39, 0.29) is 5.78 Å². The van der Waals surface area contributed by atoms with Gasteiger partial charge in [0, 0.05) is 12.0 Å². The van der Waals surface area contributed by atoms with Gasteiger partial charge in [-0.05, 0) is 55.1 Å². The number of carbonyl (C=O) groups excluding carboxylic acids is 2. The zero-order chi connectivity index (χ0) is 14.8. The zero-order valence-electron chi connectivity index (χ0n) is 12.1. The lowest BCUT2D eigenvalue weighted by Crippen LogP contribution is -2.22. The van der Waals surface area contributed by atoms with Crippen LogP contribution in [0.3, 0.4) is 0 Å². The summed E-state index contributed by atoms with van der Waals surface area (Å²) >= 11 is 0. The Kier molecular flexibility index (Phi) is 3.95. The van der Waals surface area contributed by atoms with Gasteiger partial charge in [0.2, 0.25) is 0 Å². The summed E-state index contributed by atoms with van der Waals surface area (Å²) in [5.41, 5.74) is 8.50. The molecule has 112 valence electrons. The first kappa shape index (κ1) is 14.1. The van der Waals surface area contributed by atoms with Crippen molar-refractivity contribution in [3.8, 4) is 0 Å². The predicted octanol–water partition coefficient (Wildman–Crippen LogP) is 3.18. The minimum atomic E-state index is -0.680. The Bertz CT molecular complexity index is 559. The van der Waals surface area contributed by atoms with Crippen LogP contribution in [-0.4, -0.2) is 18.5 Å². The van der Waals surface area contributed by atoms with Crippen LogP contribution in [0, 0.1) is 5.92 Å². The van der Waals surface area contributed by atoms with Gasteiger partial charge in [0.05, 0.1) is 6.61 Å². The van der Waals surface area contributed by atoms with E-state index in [1.165, 1.54) is 11.1 Å². The number of primary amides is 1. The molecular weight excluding hydrogens is 266 g/mol. The van der Waals surface area contributed by atoms with Gasteiger partial charge in [-0.25, -0.2) is 4.79 Å². The van der Waals surface area contributed by atoms with Crippen LogP contribution in [0.2, 0.25) is 0 Å². The molecule has 0 heterocycles. The average Bonchev–Trinajstić information content (AvgIpc) is 2.86. The molecule has 2 N–H and O–H groups in total. The van der Waals surface area contributed by atoms with Crippen molar-refractivity contribution in [2.45, 2.75) is 44.4 Å². The van der Waals surface area contributed by atoms with E-state index >= 15 is 0 Å². The van der Waals surface area contributed by atoms with Crippen molar-refractivity contribution in [2.75, 3.05) is 6.61 Å². The highest BCUT2D eigenvalue weighted by Gasteiger charge is 2.25. The van der Waals surface area contributed by atoms with Gasteiger partial charge in [0.1, 0.15) is 0 Å². The molecule has 2 aliphatic carbocycles. The van der Waals surface area contributed by atoms with E-state index in [2.05, 4.69) is 12.1 Å². The number of nitrogens with two attached hydrogens (primary N) is 1. The fourth-order valence-electron chi connectivity index (χ4n) is 3.59. The molecule has 0 radical (unpaired) electrons. The second kappa shape index (κ2) is 5.88. The van der Waals surface area contributed by atoms with E-state index in [1.807, 2.05) is 6.07 Å². The van der Waals surface area contributed by atoms with E-state index in [0.29, 0.717) is 24.9 Å². The molecule has 4 nitrogen and oxygen atoms in total. The second-order valence-corrected chi connectivity index (χ2v) is 6.19. The van der Waals surface area contributed by atoms with Crippen LogP contribution < -0.4 is 5.73 Å². The number of amides is 1. The Balaban J connectivity index is 1.60. The third-order valence-corrected chi connectivity index (χ3v) is 4.83. The third-order valence-electron chi connectivity index (χ3n) is 4.83. The number of benzene rings is 1. The largest absolute Gasteiger partial charge is 0.449 e. The SMILES string of the molecule is NC(=O)OCC1CCC(c2ccc3c(c2)CCC3=O)CC1. The highest BCUT2D eigenvalue weighted by Crippen LogP contribution is 2.37. The van der Waals surface area contributed by atoms with Crippen LogP contribution >= 0.6 is 0 Å². The van der Waals surface area contributed by atoms with Gasteiger partial charge in [-0.3, -0.25) is 4.79 Å². The highest BCUT2D eigenvalue weighted by atomic mass is 16.5. The topological polar surface area (TPSA) is 69.4 Å². The molecule has 0 unspecified atom stereocenters. The first-order valence-electron chi connectivity index (χ1n) is 7.71. The van der Waals surface area contributed by atoms with Crippen LogP contribution in [0.15, 0.2) is 18.2 Å². The summed E-state index contributed by atoms with van der Waals surface area (Å²) in [6.07, 6.45) is 5.22. The lowest BCUT2D eigenvalue weighted by Gasteiger charge is -2.28. The lowest BCUT2D eigenvalue weighted by atomic mass is 9.78. The average molecular weight is 287 g/mol. The number of ketones is 1. The normalized spacial score (nSPS) is 24.7. The molecule has 1 aromatic rings. The molecule has 3 rings (SSSR count). The van der Waals surface area contributed by atoms with Crippen molar-refractivity contribution < 1.29 is 14.3 Å². The number of hydrogen-bond donors (Lipinski definition) is 1. The predicted molar refractivity (Wildman–Crippen MR) is 79.3 cm³/mol. The third kappa shape index (κ3) is 3.09.